The van der Waals surface area contributed by atoms with E-state index < -0.39 is 5.82 Å². The molecule has 0 saturated carbocycles. The normalized spacial score (nSPS) is 10.8. The van der Waals surface area contributed by atoms with Gasteiger partial charge in [-0.25, -0.2) is 4.39 Å². The molecule has 0 spiro atoms. The number of benzene rings is 2. The summed E-state index contributed by atoms with van der Waals surface area (Å²) in [6, 6.07) is 8.00. The summed E-state index contributed by atoms with van der Waals surface area (Å²) in [4.78, 5) is 0.0166. The lowest BCUT2D eigenvalue weighted by molar-refractivity contribution is 0.626. The van der Waals surface area contributed by atoms with Gasteiger partial charge in [0.1, 0.15) is 21.8 Å². The second-order valence-electron chi connectivity index (χ2n) is 4.24. The lowest BCUT2D eigenvalue weighted by Gasteiger charge is -2.10. The maximum atomic E-state index is 13.9. The predicted octanol–water partition coefficient (Wildman–Crippen LogP) is 3.86. The van der Waals surface area contributed by atoms with Crippen LogP contribution < -0.4 is 11.1 Å². The Morgan fingerprint density at radius 3 is 2.81 bits per heavy atom. The standard InChI is InChI=1S/C13H8ClFN4S2/c14-8-3-4-10-12(19-21-18-10)11(8)17-6-1-2-7(13(16)20)9(15)5-6/h1-5,17H,(H2,16,20). The van der Waals surface area contributed by atoms with Crippen LogP contribution in [-0.2, 0) is 0 Å². The highest BCUT2D eigenvalue weighted by Gasteiger charge is 2.12. The molecule has 0 aliphatic carbocycles. The van der Waals surface area contributed by atoms with Gasteiger partial charge in [0.2, 0.25) is 0 Å². The minimum absolute atomic E-state index is 0.0166. The SMILES string of the molecule is NC(=S)c1ccc(Nc2c(Cl)ccc3nsnc23)cc1F. The molecule has 1 heterocycles. The number of aromatic nitrogens is 2. The van der Waals surface area contributed by atoms with Gasteiger partial charge in [0.05, 0.1) is 22.4 Å². The molecule has 0 unspecified atom stereocenters. The highest BCUT2D eigenvalue weighted by Crippen LogP contribution is 2.32. The molecule has 106 valence electrons. The van der Waals surface area contributed by atoms with E-state index in [1.165, 1.54) is 12.1 Å². The molecule has 0 atom stereocenters. The Hall–Kier alpha value is -1.83. The number of rotatable bonds is 3. The fraction of sp³-hybridized carbons (Fsp3) is 0. The van der Waals surface area contributed by atoms with Crippen molar-refractivity contribution >= 4 is 62.9 Å². The molecule has 2 aromatic carbocycles. The van der Waals surface area contributed by atoms with E-state index in [9.17, 15) is 4.39 Å². The molecule has 3 N–H and O–H groups in total. The molecule has 0 saturated heterocycles. The summed E-state index contributed by atoms with van der Waals surface area (Å²) in [5, 5.41) is 3.54. The number of hydrogen-bond donors (Lipinski definition) is 2. The molecule has 3 rings (SSSR count). The number of anilines is 2. The molecule has 21 heavy (non-hydrogen) atoms. The summed E-state index contributed by atoms with van der Waals surface area (Å²) >= 11 is 12.0. The molecule has 4 nitrogen and oxygen atoms in total. The molecule has 0 radical (unpaired) electrons. The van der Waals surface area contributed by atoms with Gasteiger partial charge in [-0.1, -0.05) is 23.8 Å². The molecule has 0 amide bonds. The highest BCUT2D eigenvalue weighted by molar-refractivity contribution is 7.80. The summed E-state index contributed by atoms with van der Waals surface area (Å²) in [6.07, 6.45) is 0. The Morgan fingerprint density at radius 2 is 2.10 bits per heavy atom. The van der Waals surface area contributed by atoms with Crippen LogP contribution in [-0.4, -0.2) is 13.7 Å². The Bertz CT molecular complexity index is 849. The van der Waals surface area contributed by atoms with Crippen LogP contribution in [0.15, 0.2) is 30.3 Å². The Kier molecular flexibility index (Phi) is 3.71. The van der Waals surface area contributed by atoms with Gasteiger partial charge in [-0.2, -0.15) is 8.75 Å². The number of fused-ring (bicyclic) bond motifs is 1. The van der Waals surface area contributed by atoms with Gasteiger partial charge < -0.3 is 11.1 Å². The second kappa shape index (κ2) is 5.51. The first-order valence-electron chi connectivity index (χ1n) is 5.83. The zero-order chi connectivity index (χ0) is 15.0. The first-order valence-corrected chi connectivity index (χ1v) is 7.35. The zero-order valence-electron chi connectivity index (χ0n) is 10.4. The number of hydrogen-bond acceptors (Lipinski definition) is 5. The van der Waals surface area contributed by atoms with Crippen LogP contribution >= 0.6 is 35.5 Å². The molecule has 0 aliphatic rings. The van der Waals surface area contributed by atoms with Gasteiger partial charge in [-0.3, -0.25) is 0 Å². The fourth-order valence-corrected chi connectivity index (χ4v) is 2.79. The summed E-state index contributed by atoms with van der Waals surface area (Å²) < 4.78 is 22.2. The smallest absolute Gasteiger partial charge is 0.135 e. The van der Waals surface area contributed by atoms with Crippen molar-refractivity contribution in [3.05, 3.63) is 46.7 Å². The van der Waals surface area contributed by atoms with E-state index >= 15 is 0 Å². The summed E-state index contributed by atoms with van der Waals surface area (Å²) in [6.45, 7) is 0. The Morgan fingerprint density at radius 1 is 1.29 bits per heavy atom. The molecule has 1 aromatic heterocycles. The summed E-state index contributed by atoms with van der Waals surface area (Å²) in [5.41, 5.74) is 8.12. The third kappa shape index (κ3) is 2.67. The monoisotopic (exact) mass is 338 g/mol. The third-order valence-electron chi connectivity index (χ3n) is 2.88. The van der Waals surface area contributed by atoms with Crippen molar-refractivity contribution in [3.63, 3.8) is 0 Å². The lowest BCUT2D eigenvalue weighted by Crippen LogP contribution is -2.11. The molecule has 0 fully saturated rings. The quantitative estimate of drug-likeness (QED) is 0.710. The molecule has 0 aliphatic heterocycles. The number of nitrogens with two attached hydrogens (primary N) is 1. The van der Waals surface area contributed by atoms with Gasteiger partial charge in [-0.15, -0.1) is 0 Å². The number of thiocarbonyl (C=S) groups is 1. The van der Waals surface area contributed by atoms with Crippen LogP contribution in [0.2, 0.25) is 5.02 Å². The molecule has 0 bridgehead atoms. The van der Waals surface area contributed by atoms with Crippen molar-refractivity contribution in [2.45, 2.75) is 0 Å². The molecular formula is C13H8ClFN4S2. The van der Waals surface area contributed by atoms with Crippen LogP contribution in [0.1, 0.15) is 5.56 Å². The predicted molar refractivity (Wildman–Crippen MR) is 88.0 cm³/mol. The van der Waals surface area contributed by atoms with Gasteiger partial charge in [0.25, 0.3) is 0 Å². The van der Waals surface area contributed by atoms with Gasteiger partial charge in [0, 0.05) is 11.3 Å². The number of halogens is 2. The van der Waals surface area contributed by atoms with E-state index in [4.69, 9.17) is 29.6 Å². The van der Waals surface area contributed by atoms with Crippen molar-refractivity contribution < 1.29 is 4.39 Å². The summed E-state index contributed by atoms with van der Waals surface area (Å²) in [7, 11) is 0. The van der Waals surface area contributed by atoms with Crippen molar-refractivity contribution in [3.8, 4) is 0 Å². The molecular weight excluding hydrogens is 331 g/mol. The van der Waals surface area contributed by atoms with E-state index in [1.54, 1.807) is 18.2 Å². The number of nitrogens with one attached hydrogen (secondary N) is 1. The Balaban J connectivity index is 2.03. The third-order valence-corrected chi connectivity index (χ3v) is 3.96. The second-order valence-corrected chi connectivity index (χ2v) is 5.61. The van der Waals surface area contributed by atoms with E-state index in [2.05, 4.69) is 14.1 Å². The lowest BCUT2D eigenvalue weighted by atomic mass is 10.2. The van der Waals surface area contributed by atoms with Crippen molar-refractivity contribution in [1.82, 2.24) is 8.75 Å². The minimum Gasteiger partial charge on any atom is -0.389 e. The fourth-order valence-electron chi connectivity index (χ4n) is 1.88. The van der Waals surface area contributed by atoms with Gasteiger partial charge in [-0.05, 0) is 30.3 Å². The maximum absolute atomic E-state index is 13.9. The largest absolute Gasteiger partial charge is 0.389 e. The van der Waals surface area contributed by atoms with Gasteiger partial charge >= 0.3 is 0 Å². The maximum Gasteiger partial charge on any atom is 0.135 e. The van der Waals surface area contributed by atoms with Crippen molar-refractivity contribution in [1.29, 1.82) is 0 Å². The minimum atomic E-state index is -0.493. The van der Waals surface area contributed by atoms with Crippen molar-refractivity contribution in [2.24, 2.45) is 5.73 Å². The van der Waals surface area contributed by atoms with Crippen LogP contribution in [0.4, 0.5) is 15.8 Å². The average Bonchev–Trinajstić information content (AvgIpc) is 2.90. The van der Waals surface area contributed by atoms with E-state index in [0.29, 0.717) is 21.9 Å². The highest BCUT2D eigenvalue weighted by atomic mass is 35.5. The first kappa shape index (κ1) is 14.1. The zero-order valence-corrected chi connectivity index (χ0v) is 12.8. The molecule has 3 aromatic rings. The topological polar surface area (TPSA) is 63.8 Å². The van der Waals surface area contributed by atoms with Crippen LogP contribution in [0, 0.1) is 5.82 Å². The first-order chi connectivity index (χ1) is 10.1. The van der Waals surface area contributed by atoms with Crippen LogP contribution in [0.5, 0.6) is 0 Å². The van der Waals surface area contributed by atoms with Gasteiger partial charge in [0.15, 0.2) is 0 Å². The van der Waals surface area contributed by atoms with Crippen LogP contribution in [0.25, 0.3) is 11.0 Å². The van der Waals surface area contributed by atoms with Crippen molar-refractivity contribution in [2.75, 3.05) is 5.32 Å². The Labute approximate surface area is 134 Å². The van der Waals surface area contributed by atoms with E-state index in [-0.39, 0.29) is 10.6 Å². The molecule has 8 heteroatoms. The van der Waals surface area contributed by atoms with E-state index in [0.717, 1.165) is 17.2 Å². The van der Waals surface area contributed by atoms with E-state index in [1.807, 2.05) is 0 Å². The van der Waals surface area contributed by atoms with Crippen LogP contribution in [0.3, 0.4) is 0 Å². The average molecular weight is 339 g/mol. The number of nitrogens with zero attached hydrogens (tertiary/aromatic N) is 2. The summed E-state index contributed by atoms with van der Waals surface area (Å²) in [5.74, 6) is -0.493.